The Hall–Kier alpha value is -2.45. The molecular weight excluding hydrogens is 457 g/mol. The van der Waals surface area contributed by atoms with Gasteiger partial charge in [-0.1, -0.05) is 59.6 Å². The van der Waals surface area contributed by atoms with Gasteiger partial charge in [-0.05, 0) is 41.5 Å². The van der Waals surface area contributed by atoms with Crippen molar-refractivity contribution in [1.29, 1.82) is 0 Å². The van der Waals surface area contributed by atoms with E-state index in [4.69, 9.17) is 23.2 Å². The smallest absolute Gasteiger partial charge is 0.243 e. The molecule has 0 radical (unpaired) electrons. The number of amides is 1. The molecule has 0 aliphatic carbocycles. The van der Waals surface area contributed by atoms with Gasteiger partial charge < -0.3 is 4.90 Å². The van der Waals surface area contributed by atoms with E-state index < -0.39 is 10.0 Å². The zero-order chi connectivity index (χ0) is 22.4. The first kappa shape index (κ1) is 23.2. The summed E-state index contributed by atoms with van der Waals surface area (Å²) in [6.07, 6.45) is 1.58. The Balaban J connectivity index is 1.82. The quantitative estimate of drug-likeness (QED) is 0.455. The second kappa shape index (κ2) is 10.2. The molecule has 0 bridgehead atoms. The Kier molecular flexibility index (Phi) is 7.67. The molecule has 9 heteroatoms. The molecule has 3 rings (SSSR count). The standard InChI is InChI=1S/C22H21Cl2N3O3S/c1-26(14-18-7-12-21(24)25-13-18)22(28)16-27(15-17-5-3-2-4-6-17)31(29,30)20-10-8-19(23)9-11-20/h2-13H,14-16H2,1H3. The Morgan fingerprint density at radius 2 is 1.58 bits per heavy atom. The Morgan fingerprint density at radius 1 is 0.903 bits per heavy atom. The minimum Gasteiger partial charge on any atom is -0.340 e. The molecule has 0 fully saturated rings. The van der Waals surface area contributed by atoms with Crippen LogP contribution in [0.25, 0.3) is 0 Å². The number of pyridine rings is 1. The van der Waals surface area contributed by atoms with Gasteiger partial charge in [0.15, 0.2) is 0 Å². The normalized spacial score (nSPS) is 11.5. The molecule has 1 aromatic heterocycles. The van der Waals surface area contributed by atoms with Gasteiger partial charge in [0.1, 0.15) is 5.15 Å². The Labute approximate surface area is 192 Å². The second-order valence-electron chi connectivity index (χ2n) is 6.95. The summed E-state index contributed by atoms with van der Waals surface area (Å²) in [5.41, 5.74) is 1.56. The number of carbonyl (C=O) groups excluding carboxylic acids is 1. The van der Waals surface area contributed by atoms with Gasteiger partial charge in [-0.15, -0.1) is 0 Å². The third-order valence-corrected chi connectivity index (χ3v) is 6.88. The van der Waals surface area contributed by atoms with Gasteiger partial charge in [-0.2, -0.15) is 4.31 Å². The molecule has 0 saturated carbocycles. The Morgan fingerprint density at radius 3 is 2.19 bits per heavy atom. The molecule has 0 saturated heterocycles. The number of nitrogens with zero attached hydrogens (tertiary/aromatic N) is 3. The van der Waals surface area contributed by atoms with Gasteiger partial charge in [0.2, 0.25) is 15.9 Å². The van der Waals surface area contributed by atoms with Crippen LogP contribution in [0.15, 0.2) is 77.8 Å². The van der Waals surface area contributed by atoms with Crippen LogP contribution in [-0.4, -0.2) is 42.1 Å². The highest BCUT2D eigenvalue weighted by Crippen LogP contribution is 2.21. The van der Waals surface area contributed by atoms with Crippen molar-refractivity contribution in [1.82, 2.24) is 14.2 Å². The van der Waals surface area contributed by atoms with Crippen molar-refractivity contribution in [3.63, 3.8) is 0 Å². The van der Waals surface area contributed by atoms with Crippen molar-refractivity contribution < 1.29 is 13.2 Å². The number of hydrogen-bond acceptors (Lipinski definition) is 4. The number of halogens is 2. The average Bonchev–Trinajstić information content (AvgIpc) is 2.76. The maximum atomic E-state index is 13.3. The fourth-order valence-corrected chi connectivity index (χ4v) is 4.52. The van der Waals surface area contributed by atoms with E-state index in [9.17, 15) is 13.2 Å². The van der Waals surface area contributed by atoms with E-state index in [1.54, 1.807) is 25.4 Å². The van der Waals surface area contributed by atoms with Gasteiger partial charge in [0.25, 0.3) is 0 Å². The number of carbonyl (C=O) groups is 1. The van der Waals surface area contributed by atoms with E-state index in [1.165, 1.54) is 33.5 Å². The van der Waals surface area contributed by atoms with E-state index in [0.29, 0.717) is 10.2 Å². The number of sulfonamides is 1. The van der Waals surface area contributed by atoms with Crippen LogP contribution in [0.5, 0.6) is 0 Å². The number of aromatic nitrogens is 1. The van der Waals surface area contributed by atoms with Crippen molar-refractivity contribution in [3.05, 3.63) is 94.2 Å². The molecule has 2 aromatic carbocycles. The average molecular weight is 478 g/mol. The summed E-state index contributed by atoms with van der Waals surface area (Å²) in [5.74, 6) is -0.344. The lowest BCUT2D eigenvalue weighted by Crippen LogP contribution is -2.40. The lowest BCUT2D eigenvalue weighted by molar-refractivity contribution is -0.130. The summed E-state index contributed by atoms with van der Waals surface area (Å²) in [6.45, 7) is 0.0361. The molecule has 162 valence electrons. The summed E-state index contributed by atoms with van der Waals surface area (Å²) in [7, 11) is -2.31. The van der Waals surface area contributed by atoms with Gasteiger partial charge >= 0.3 is 0 Å². The summed E-state index contributed by atoms with van der Waals surface area (Å²) in [6, 6.07) is 18.4. The minimum absolute atomic E-state index is 0.0634. The molecule has 6 nitrogen and oxygen atoms in total. The number of likely N-dealkylation sites (N-methyl/N-ethyl adjacent to an activating group) is 1. The van der Waals surface area contributed by atoms with Crippen LogP contribution in [0.2, 0.25) is 10.2 Å². The molecule has 0 unspecified atom stereocenters. The van der Waals surface area contributed by atoms with Gasteiger partial charge in [-0.25, -0.2) is 13.4 Å². The van der Waals surface area contributed by atoms with Crippen molar-refractivity contribution in [2.24, 2.45) is 0 Å². The zero-order valence-electron chi connectivity index (χ0n) is 16.8. The molecular formula is C22H21Cl2N3O3S. The fourth-order valence-electron chi connectivity index (χ4n) is 2.90. The molecule has 1 heterocycles. The number of hydrogen-bond donors (Lipinski definition) is 0. The van der Waals surface area contributed by atoms with Crippen LogP contribution in [0, 0.1) is 0 Å². The summed E-state index contributed by atoms with van der Waals surface area (Å²) < 4.78 is 27.7. The van der Waals surface area contributed by atoms with Gasteiger partial charge in [0, 0.05) is 31.4 Å². The largest absolute Gasteiger partial charge is 0.340 e. The third kappa shape index (κ3) is 6.27. The van der Waals surface area contributed by atoms with Gasteiger partial charge in [-0.3, -0.25) is 4.79 Å². The van der Waals surface area contributed by atoms with Crippen LogP contribution < -0.4 is 0 Å². The number of rotatable bonds is 8. The van der Waals surface area contributed by atoms with E-state index in [2.05, 4.69) is 4.98 Å². The molecule has 0 atom stereocenters. The molecule has 0 aliphatic rings. The molecule has 0 spiro atoms. The predicted molar refractivity (Wildman–Crippen MR) is 121 cm³/mol. The maximum Gasteiger partial charge on any atom is 0.243 e. The van der Waals surface area contributed by atoms with E-state index in [0.717, 1.165) is 11.1 Å². The molecule has 3 aromatic rings. The lowest BCUT2D eigenvalue weighted by atomic mass is 10.2. The topological polar surface area (TPSA) is 70.6 Å². The van der Waals surface area contributed by atoms with E-state index in [-0.39, 0.29) is 30.4 Å². The van der Waals surface area contributed by atoms with Crippen LogP contribution in [0.1, 0.15) is 11.1 Å². The number of benzene rings is 2. The molecule has 1 amide bonds. The first-order valence-electron chi connectivity index (χ1n) is 9.40. The summed E-state index contributed by atoms with van der Waals surface area (Å²) in [4.78, 5) is 18.4. The lowest BCUT2D eigenvalue weighted by Gasteiger charge is -2.25. The predicted octanol–water partition coefficient (Wildman–Crippen LogP) is 4.24. The highest BCUT2D eigenvalue weighted by atomic mass is 35.5. The van der Waals surface area contributed by atoms with Crippen molar-refractivity contribution in [2.45, 2.75) is 18.0 Å². The monoisotopic (exact) mass is 477 g/mol. The SMILES string of the molecule is CN(Cc1ccc(Cl)nc1)C(=O)CN(Cc1ccccc1)S(=O)(=O)c1ccc(Cl)cc1. The van der Waals surface area contributed by atoms with Crippen LogP contribution in [-0.2, 0) is 27.9 Å². The van der Waals surface area contributed by atoms with Crippen molar-refractivity contribution in [2.75, 3.05) is 13.6 Å². The second-order valence-corrected chi connectivity index (χ2v) is 9.71. The van der Waals surface area contributed by atoms with Crippen molar-refractivity contribution in [3.8, 4) is 0 Å². The first-order valence-corrected chi connectivity index (χ1v) is 11.6. The van der Waals surface area contributed by atoms with Crippen LogP contribution in [0.3, 0.4) is 0 Å². The van der Waals surface area contributed by atoms with Crippen LogP contribution >= 0.6 is 23.2 Å². The molecule has 0 aliphatic heterocycles. The summed E-state index contributed by atoms with van der Waals surface area (Å²) >= 11 is 11.7. The van der Waals surface area contributed by atoms with Gasteiger partial charge in [0.05, 0.1) is 11.4 Å². The molecule has 0 N–H and O–H groups in total. The van der Waals surface area contributed by atoms with E-state index >= 15 is 0 Å². The Bertz CT molecular complexity index is 1120. The maximum absolute atomic E-state index is 13.3. The highest BCUT2D eigenvalue weighted by Gasteiger charge is 2.28. The minimum atomic E-state index is -3.93. The highest BCUT2D eigenvalue weighted by molar-refractivity contribution is 7.89. The molecule has 31 heavy (non-hydrogen) atoms. The van der Waals surface area contributed by atoms with E-state index in [1.807, 2.05) is 30.3 Å². The summed E-state index contributed by atoms with van der Waals surface area (Å²) in [5, 5.41) is 0.793. The first-order chi connectivity index (χ1) is 14.8. The van der Waals surface area contributed by atoms with Crippen molar-refractivity contribution >= 4 is 39.1 Å². The third-order valence-electron chi connectivity index (χ3n) is 4.60. The van der Waals surface area contributed by atoms with Crippen LogP contribution in [0.4, 0.5) is 0 Å². The fraction of sp³-hybridized carbons (Fsp3) is 0.182. The zero-order valence-corrected chi connectivity index (χ0v) is 19.1.